The van der Waals surface area contributed by atoms with Crippen molar-refractivity contribution in [3.63, 3.8) is 0 Å². The summed E-state index contributed by atoms with van der Waals surface area (Å²) in [5, 5.41) is 21.2. The van der Waals surface area contributed by atoms with Crippen LogP contribution in [0.15, 0.2) is 23.9 Å². The van der Waals surface area contributed by atoms with E-state index in [0.29, 0.717) is 31.9 Å². The van der Waals surface area contributed by atoms with Crippen molar-refractivity contribution in [2.45, 2.75) is 0 Å². The maximum Gasteiger partial charge on any atom is 0.267 e. The maximum absolute atomic E-state index is 11.8. The molecule has 0 unspecified atom stereocenters. The highest BCUT2D eigenvalue weighted by Crippen LogP contribution is 2.25. The number of ether oxygens (including phenoxy) is 2. The van der Waals surface area contributed by atoms with E-state index in [1.54, 1.807) is 0 Å². The second-order valence-corrected chi connectivity index (χ2v) is 4.47. The molecule has 23 heavy (non-hydrogen) atoms. The van der Waals surface area contributed by atoms with Gasteiger partial charge in [0.15, 0.2) is 11.5 Å². The summed E-state index contributed by atoms with van der Waals surface area (Å²) < 4.78 is 10.2. The zero-order valence-electron chi connectivity index (χ0n) is 12.6. The highest BCUT2D eigenvalue weighted by atomic mass is 16.5. The topological polar surface area (TPSA) is 114 Å². The van der Waals surface area contributed by atoms with Gasteiger partial charge in [0.2, 0.25) is 0 Å². The molecule has 0 atom stereocenters. The van der Waals surface area contributed by atoms with Crippen molar-refractivity contribution < 1.29 is 24.5 Å². The van der Waals surface area contributed by atoms with E-state index in [1.807, 2.05) is 0 Å². The van der Waals surface area contributed by atoms with Gasteiger partial charge in [-0.15, -0.1) is 6.42 Å². The monoisotopic (exact) mass is 320 g/mol. The summed E-state index contributed by atoms with van der Waals surface area (Å²) in [4.78, 5) is 11.8. The number of carbonyl (C=O) groups excluding carboxylic acids is 1. The number of rotatable bonds is 9. The minimum absolute atomic E-state index is 0.0209. The Morgan fingerprint density at radius 1 is 1.26 bits per heavy atom. The number of benzene rings is 1. The minimum atomic E-state index is -0.454. The van der Waals surface area contributed by atoms with Crippen LogP contribution in [0.1, 0.15) is 5.56 Å². The zero-order chi connectivity index (χ0) is 17.1. The molecule has 0 saturated carbocycles. The van der Waals surface area contributed by atoms with E-state index in [9.17, 15) is 15.0 Å². The SMILES string of the molecule is C#CCOCCOCCNC(=O)C(N)=Cc1ccc(O)c(O)c1. The third-order valence-electron chi connectivity index (χ3n) is 2.67. The number of aromatic hydroxyl groups is 2. The molecule has 0 radical (unpaired) electrons. The van der Waals surface area contributed by atoms with Crippen LogP contribution in [0.4, 0.5) is 0 Å². The summed E-state index contributed by atoms with van der Waals surface area (Å²) in [6, 6.07) is 4.13. The van der Waals surface area contributed by atoms with Crippen LogP contribution in [0, 0.1) is 12.3 Å². The largest absolute Gasteiger partial charge is 0.504 e. The molecular weight excluding hydrogens is 300 g/mol. The van der Waals surface area contributed by atoms with Crippen LogP contribution in [0.3, 0.4) is 0 Å². The van der Waals surface area contributed by atoms with Gasteiger partial charge in [0, 0.05) is 6.54 Å². The van der Waals surface area contributed by atoms with Crippen molar-refractivity contribution in [3.05, 3.63) is 29.5 Å². The second-order valence-electron chi connectivity index (χ2n) is 4.47. The fraction of sp³-hybridized carbons (Fsp3) is 0.312. The Morgan fingerprint density at radius 2 is 2.00 bits per heavy atom. The van der Waals surface area contributed by atoms with Gasteiger partial charge >= 0.3 is 0 Å². The molecule has 0 saturated heterocycles. The van der Waals surface area contributed by atoms with Gasteiger partial charge in [0.25, 0.3) is 5.91 Å². The van der Waals surface area contributed by atoms with Gasteiger partial charge in [-0.05, 0) is 23.8 Å². The Kier molecular flexibility index (Phi) is 8.07. The van der Waals surface area contributed by atoms with Crippen LogP contribution in [0.25, 0.3) is 6.08 Å². The van der Waals surface area contributed by atoms with E-state index in [1.165, 1.54) is 24.3 Å². The second kappa shape index (κ2) is 10.1. The molecule has 1 aromatic carbocycles. The molecule has 0 aliphatic carbocycles. The van der Waals surface area contributed by atoms with Crippen LogP contribution in [-0.2, 0) is 14.3 Å². The van der Waals surface area contributed by atoms with E-state index < -0.39 is 5.91 Å². The molecule has 0 heterocycles. The third kappa shape index (κ3) is 7.22. The quantitative estimate of drug-likeness (QED) is 0.223. The van der Waals surface area contributed by atoms with Crippen molar-refractivity contribution in [1.29, 1.82) is 0 Å². The lowest BCUT2D eigenvalue weighted by molar-refractivity contribution is -0.117. The molecule has 7 heteroatoms. The van der Waals surface area contributed by atoms with E-state index in [2.05, 4.69) is 11.2 Å². The number of phenolic OH excluding ortho intramolecular Hbond substituents is 2. The van der Waals surface area contributed by atoms with Gasteiger partial charge in [0.05, 0.1) is 25.5 Å². The van der Waals surface area contributed by atoms with Gasteiger partial charge in [-0.2, -0.15) is 0 Å². The lowest BCUT2D eigenvalue weighted by Gasteiger charge is -2.07. The highest BCUT2D eigenvalue weighted by Gasteiger charge is 2.05. The Bertz CT molecular complexity index is 593. The van der Waals surface area contributed by atoms with E-state index >= 15 is 0 Å². The van der Waals surface area contributed by atoms with Gasteiger partial charge in [0.1, 0.15) is 6.61 Å². The Morgan fingerprint density at radius 3 is 2.70 bits per heavy atom. The van der Waals surface area contributed by atoms with Crippen molar-refractivity contribution in [1.82, 2.24) is 5.32 Å². The first-order valence-corrected chi connectivity index (χ1v) is 6.91. The van der Waals surface area contributed by atoms with Crippen molar-refractivity contribution >= 4 is 12.0 Å². The predicted octanol–water partition coefficient (Wildman–Crippen LogP) is 0.180. The molecule has 124 valence electrons. The van der Waals surface area contributed by atoms with E-state index in [0.717, 1.165) is 0 Å². The number of terminal acetylenes is 1. The Labute approximate surface area is 134 Å². The number of phenols is 2. The summed E-state index contributed by atoms with van der Waals surface area (Å²) in [7, 11) is 0. The smallest absolute Gasteiger partial charge is 0.267 e. The number of amides is 1. The molecule has 7 nitrogen and oxygen atoms in total. The molecule has 1 amide bonds. The van der Waals surface area contributed by atoms with E-state index in [-0.39, 0.29) is 23.8 Å². The van der Waals surface area contributed by atoms with Crippen LogP contribution in [-0.4, -0.2) is 49.1 Å². The maximum atomic E-state index is 11.8. The first-order chi connectivity index (χ1) is 11.0. The fourth-order valence-electron chi connectivity index (χ4n) is 1.57. The molecule has 0 aliphatic heterocycles. The molecule has 0 spiro atoms. The summed E-state index contributed by atoms with van der Waals surface area (Å²) in [5.41, 5.74) is 6.13. The molecule has 0 bridgehead atoms. The van der Waals surface area contributed by atoms with Crippen LogP contribution >= 0.6 is 0 Å². The standard InChI is InChI=1S/C16H20N2O5/c1-2-6-22-8-9-23-7-5-18-16(21)13(17)10-12-3-4-14(19)15(20)11-12/h1,3-4,10-11,19-20H,5-9,17H2,(H,18,21). The number of hydrogen-bond donors (Lipinski definition) is 4. The van der Waals surface area contributed by atoms with E-state index in [4.69, 9.17) is 21.6 Å². The normalized spacial score (nSPS) is 11.0. The molecule has 5 N–H and O–H groups in total. The molecule has 1 rings (SSSR count). The van der Waals surface area contributed by atoms with Gasteiger partial charge in [-0.25, -0.2) is 0 Å². The van der Waals surface area contributed by atoms with Crippen LogP contribution in [0.5, 0.6) is 11.5 Å². The molecule has 0 aromatic heterocycles. The lowest BCUT2D eigenvalue weighted by atomic mass is 10.1. The lowest BCUT2D eigenvalue weighted by Crippen LogP contribution is -2.31. The average Bonchev–Trinajstić information content (AvgIpc) is 2.53. The number of nitrogens with two attached hydrogens (primary N) is 1. The molecular formula is C16H20N2O5. The number of carbonyl (C=O) groups is 1. The van der Waals surface area contributed by atoms with Crippen molar-refractivity contribution in [3.8, 4) is 23.8 Å². The van der Waals surface area contributed by atoms with Crippen molar-refractivity contribution in [2.75, 3.05) is 33.0 Å². The predicted molar refractivity (Wildman–Crippen MR) is 85.4 cm³/mol. The molecule has 1 aromatic rings. The first-order valence-electron chi connectivity index (χ1n) is 6.91. The van der Waals surface area contributed by atoms with Crippen molar-refractivity contribution in [2.24, 2.45) is 5.73 Å². The van der Waals surface area contributed by atoms with Gasteiger partial charge in [-0.1, -0.05) is 12.0 Å². The average molecular weight is 320 g/mol. The Hall–Kier alpha value is -2.69. The molecule has 0 aliphatic rings. The third-order valence-corrected chi connectivity index (χ3v) is 2.67. The molecule has 0 fully saturated rings. The van der Waals surface area contributed by atoms with Gasteiger partial charge < -0.3 is 30.7 Å². The summed E-state index contributed by atoms with van der Waals surface area (Å²) in [5.74, 6) is 1.36. The highest BCUT2D eigenvalue weighted by molar-refractivity contribution is 5.96. The summed E-state index contributed by atoms with van der Waals surface area (Å²) >= 11 is 0. The summed E-state index contributed by atoms with van der Waals surface area (Å²) in [6.45, 7) is 1.64. The van der Waals surface area contributed by atoms with Gasteiger partial charge in [-0.3, -0.25) is 4.79 Å². The summed E-state index contributed by atoms with van der Waals surface area (Å²) in [6.07, 6.45) is 6.41. The van der Waals surface area contributed by atoms with Crippen LogP contribution in [0.2, 0.25) is 0 Å². The zero-order valence-corrected chi connectivity index (χ0v) is 12.6. The first kappa shape index (κ1) is 18.4. The Balaban J connectivity index is 2.29. The van der Waals surface area contributed by atoms with Crippen LogP contribution < -0.4 is 11.1 Å². The number of nitrogens with one attached hydrogen (secondary N) is 1. The fourth-order valence-corrected chi connectivity index (χ4v) is 1.57. The minimum Gasteiger partial charge on any atom is -0.504 e. The number of hydrogen-bond acceptors (Lipinski definition) is 6.